The highest BCUT2D eigenvalue weighted by Gasteiger charge is 2.41. The van der Waals surface area contributed by atoms with E-state index >= 15 is 0 Å². The van der Waals surface area contributed by atoms with Crippen molar-refractivity contribution in [3.8, 4) is 0 Å². The Morgan fingerprint density at radius 2 is 2.12 bits per heavy atom. The third-order valence-electron chi connectivity index (χ3n) is 5.00. The Balaban J connectivity index is 1.56. The smallest absolute Gasteiger partial charge is 0.455 e. The van der Waals surface area contributed by atoms with Gasteiger partial charge in [-0.1, -0.05) is 0 Å². The summed E-state index contributed by atoms with van der Waals surface area (Å²) >= 11 is 0. The SMILES string of the molecule is O=C(NC1CC2CCN(C2)C1)c1cc2c(C(=O)C(F)(F)F)coc2cn1. The Morgan fingerprint density at radius 1 is 1.31 bits per heavy atom. The molecule has 0 spiro atoms. The number of hydrogen-bond donors (Lipinski definition) is 1. The molecule has 3 unspecified atom stereocenters. The number of Topliss-reactive ketones (excluding diaryl/α,β-unsaturated/α-hetero) is 1. The van der Waals surface area contributed by atoms with Gasteiger partial charge in [0.1, 0.15) is 12.0 Å². The van der Waals surface area contributed by atoms with Crippen LogP contribution in [0.4, 0.5) is 13.2 Å². The van der Waals surface area contributed by atoms with Crippen LogP contribution in [0.5, 0.6) is 0 Å². The number of carbonyl (C=O) groups excluding carboxylic acids is 2. The van der Waals surface area contributed by atoms with Gasteiger partial charge in [-0.25, -0.2) is 4.98 Å². The van der Waals surface area contributed by atoms with Gasteiger partial charge in [-0.15, -0.1) is 0 Å². The summed E-state index contributed by atoms with van der Waals surface area (Å²) in [7, 11) is 0. The molecule has 6 nitrogen and oxygen atoms in total. The molecule has 2 bridgehead atoms. The highest BCUT2D eigenvalue weighted by Crippen LogP contribution is 2.29. The monoisotopic (exact) mass is 367 g/mol. The van der Waals surface area contributed by atoms with Crippen LogP contribution in [-0.2, 0) is 0 Å². The Hall–Kier alpha value is -2.42. The van der Waals surface area contributed by atoms with Crippen LogP contribution in [0.15, 0.2) is 22.9 Å². The fourth-order valence-corrected chi connectivity index (χ4v) is 3.81. The third-order valence-corrected chi connectivity index (χ3v) is 5.00. The highest BCUT2D eigenvalue weighted by molar-refractivity contribution is 6.10. The van der Waals surface area contributed by atoms with E-state index in [1.807, 2.05) is 0 Å². The van der Waals surface area contributed by atoms with Gasteiger partial charge in [-0.05, 0) is 31.4 Å². The molecule has 0 radical (unpaired) electrons. The summed E-state index contributed by atoms with van der Waals surface area (Å²) in [6, 6.07) is 1.16. The van der Waals surface area contributed by atoms with Gasteiger partial charge in [0.25, 0.3) is 11.7 Å². The first-order chi connectivity index (χ1) is 12.3. The maximum absolute atomic E-state index is 12.7. The Kier molecular flexibility index (Phi) is 3.98. The van der Waals surface area contributed by atoms with E-state index in [2.05, 4.69) is 15.2 Å². The number of hydrogen-bond acceptors (Lipinski definition) is 5. The summed E-state index contributed by atoms with van der Waals surface area (Å²) in [5.74, 6) is -1.91. The molecule has 4 rings (SSSR count). The molecule has 2 saturated heterocycles. The second kappa shape index (κ2) is 6.08. The van der Waals surface area contributed by atoms with E-state index in [0.29, 0.717) is 5.92 Å². The van der Waals surface area contributed by atoms with Gasteiger partial charge >= 0.3 is 6.18 Å². The van der Waals surface area contributed by atoms with Crippen molar-refractivity contribution < 1.29 is 27.2 Å². The number of piperidine rings is 1. The summed E-state index contributed by atoms with van der Waals surface area (Å²) in [6.07, 6.45) is -1.11. The minimum Gasteiger partial charge on any atom is -0.462 e. The molecule has 2 aromatic heterocycles. The molecule has 9 heteroatoms. The first-order valence-electron chi connectivity index (χ1n) is 8.33. The number of carbonyl (C=O) groups is 2. The molecule has 2 aromatic rings. The molecule has 0 saturated carbocycles. The average molecular weight is 367 g/mol. The topological polar surface area (TPSA) is 75.4 Å². The van der Waals surface area contributed by atoms with Crippen molar-refractivity contribution in [2.75, 3.05) is 19.6 Å². The Morgan fingerprint density at radius 3 is 2.85 bits per heavy atom. The van der Waals surface area contributed by atoms with Crippen LogP contribution in [0.25, 0.3) is 11.0 Å². The van der Waals surface area contributed by atoms with Crippen molar-refractivity contribution in [1.82, 2.24) is 15.2 Å². The number of halogens is 3. The quantitative estimate of drug-likeness (QED) is 0.844. The average Bonchev–Trinajstić information content (AvgIpc) is 3.15. The first kappa shape index (κ1) is 17.0. The van der Waals surface area contributed by atoms with Gasteiger partial charge in [0.15, 0.2) is 5.58 Å². The summed E-state index contributed by atoms with van der Waals surface area (Å²) in [5.41, 5.74) is -0.634. The molecule has 2 aliphatic rings. The number of ketones is 1. The van der Waals surface area contributed by atoms with Crippen LogP contribution >= 0.6 is 0 Å². The minimum absolute atomic E-state index is 0.0122. The van der Waals surface area contributed by atoms with E-state index in [1.54, 1.807) is 0 Å². The molecule has 1 amide bonds. The van der Waals surface area contributed by atoms with E-state index in [4.69, 9.17) is 4.42 Å². The third kappa shape index (κ3) is 3.07. The lowest BCUT2D eigenvalue weighted by molar-refractivity contribution is -0.0884. The lowest BCUT2D eigenvalue weighted by Gasteiger charge is -2.30. The predicted molar refractivity (Wildman–Crippen MR) is 84.8 cm³/mol. The van der Waals surface area contributed by atoms with E-state index in [0.717, 1.165) is 44.9 Å². The van der Waals surface area contributed by atoms with Gasteiger partial charge in [0, 0.05) is 24.5 Å². The summed E-state index contributed by atoms with van der Waals surface area (Å²) in [5, 5.41) is 2.82. The standard InChI is InChI=1S/C17H16F3N3O3/c18-17(19,20)15(24)12-8-26-14-5-21-13(4-11(12)14)16(25)22-10-3-9-1-2-23(6-9)7-10/h4-5,8-10H,1-3,6-7H2,(H,22,25). The molecule has 138 valence electrons. The first-order valence-corrected chi connectivity index (χ1v) is 8.33. The number of furan rings is 1. The van der Waals surface area contributed by atoms with Gasteiger partial charge in [-0.2, -0.15) is 13.2 Å². The van der Waals surface area contributed by atoms with Crippen molar-refractivity contribution in [3.63, 3.8) is 0 Å². The zero-order chi connectivity index (χ0) is 18.5. The number of alkyl halides is 3. The van der Waals surface area contributed by atoms with Gasteiger partial charge in [-0.3, -0.25) is 9.59 Å². The predicted octanol–water partition coefficient (Wildman–Crippen LogP) is 2.40. The molecule has 3 atom stereocenters. The molecule has 26 heavy (non-hydrogen) atoms. The second-order valence-corrected chi connectivity index (χ2v) is 6.86. The van der Waals surface area contributed by atoms with Crippen LogP contribution in [-0.4, -0.2) is 53.4 Å². The Labute approximate surface area is 146 Å². The molecule has 2 fully saturated rings. The number of fused-ring (bicyclic) bond motifs is 3. The number of nitrogens with one attached hydrogen (secondary N) is 1. The van der Waals surface area contributed by atoms with Crippen molar-refractivity contribution >= 4 is 22.7 Å². The minimum atomic E-state index is -5.02. The van der Waals surface area contributed by atoms with Crippen LogP contribution in [0.2, 0.25) is 0 Å². The van der Waals surface area contributed by atoms with Crippen LogP contribution in [0, 0.1) is 5.92 Å². The number of aromatic nitrogens is 1. The van der Waals surface area contributed by atoms with Crippen molar-refractivity contribution in [1.29, 1.82) is 0 Å². The van der Waals surface area contributed by atoms with Gasteiger partial charge in [0.2, 0.25) is 0 Å². The molecule has 1 N–H and O–H groups in total. The second-order valence-electron chi connectivity index (χ2n) is 6.86. The van der Waals surface area contributed by atoms with Crippen LogP contribution in [0.3, 0.4) is 0 Å². The molecule has 2 aliphatic heterocycles. The van der Waals surface area contributed by atoms with E-state index in [1.165, 1.54) is 6.07 Å². The van der Waals surface area contributed by atoms with Crippen molar-refractivity contribution in [2.45, 2.75) is 25.1 Å². The number of pyridine rings is 1. The molecular formula is C17H16F3N3O3. The lowest BCUT2D eigenvalue weighted by Crippen LogP contribution is -2.47. The summed E-state index contributed by atoms with van der Waals surface area (Å²) in [6.45, 7) is 2.84. The zero-order valence-electron chi connectivity index (χ0n) is 13.7. The largest absolute Gasteiger partial charge is 0.462 e. The normalized spacial score (nSPS) is 25.4. The summed E-state index contributed by atoms with van der Waals surface area (Å²) < 4.78 is 43.1. The zero-order valence-corrected chi connectivity index (χ0v) is 13.7. The van der Waals surface area contributed by atoms with Crippen LogP contribution in [0.1, 0.15) is 33.7 Å². The van der Waals surface area contributed by atoms with E-state index in [-0.39, 0.29) is 22.7 Å². The molecule has 0 aliphatic carbocycles. The van der Waals surface area contributed by atoms with E-state index < -0.39 is 23.4 Å². The van der Waals surface area contributed by atoms with Crippen LogP contribution < -0.4 is 5.32 Å². The molecular weight excluding hydrogens is 351 g/mol. The van der Waals surface area contributed by atoms with Crippen molar-refractivity contribution in [2.24, 2.45) is 5.92 Å². The molecule has 4 heterocycles. The fourth-order valence-electron chi connectivity index (χ4n) is 3.81. The van der Waals surface area contributed by atoms with E-state index in [9.17, 15) is 22.8 Å². The van der Waals surface area contributed by atoms with Gasteiger partial charge in [0.05, 0.1) is 11.8 Å². The summed E-state index contributed by atoms with van der Waals surface area (Å²) in [4.78, 5) is 30.2. The Bertz CT molecular complexity index is 865. The highest BCUT2D eigenvalue weighted by atomic mass is 19.4. The number of amides is 1. The lowest BCUT2D eigenvalue weighted by atomic mass is 9.97. The number of rotatable bonds is 3. The maximum atomic E-state index is 12.7. The van der Waals surface area contributed by atoms with Gasteiger partial charge < -0.3 is 14.6 Å². The molecule has 0 aromatic carbocycles. The van der Waals surface area contributed by atoms with Crippen molar-refractivity contribution in [3.05, 3.63) is 29.8 Å². The maximum Gasteiger partial charge on any atom is 0.455 e. The fraction of sp³-hybridized carbons (Fsp3) is 0.471. The number of nitrogens with zero attached hydrogens (tertiary/aromatic N) is 2.